The predicted octanol–water partition coefficient (Wildman–Crippen LogP) is 1.96. The summed E-state index contributed by atoms with van der Waals surface area (Å²) in [6.45, 7) is 1.80. The van der Waals surface area contributed by atoms with Crippen LogP contribution in [0.4, 0.5) is 0 Å². The maximum Gasteiger partial charge on any atom is 0.0235 e. The van der Waals surface area contributed by atoms with Crippen molar-refractivity contribution in [3.63, 3.8) is 0 Å². The minimum atomic E-state index is 0.720. The number of nitrogens with one attached hydrogen (secondary N) is 1. The van der Waals surface area contributed by atoms with Crippen molar-refractivity contribution in [2.24, 2.45) is 0 Å². The topological polar surface area (TPSA) is 12.0 Å². The first-order chi connectivity index (χ1) is 4.41. The second-order valence-electron chi connectivity index (χ2n) is 1.61. The van der Waals surface area contributed by atoms with Crippen LogP contribution < -0.4 is 5.32 Å². The van der Waals surface area contributed by atoms with E-state index in [1.807, 2.05) is 6.08 Å². The summed E-state index contributed by atoms with van der Waals surface area (Å²) in [7, 11) is 0. The molecule has 0 aliphatic carbocycles. The van der Waals surface area contributed by atoms with Crippen molar-refractivity contribution in [2.75, 3.05) is 19.0 Å². The average molecular weight is 168 g/mol. The predicted molar refractivity (Wildman–Crippen MR) is 43.2 cm³/mol. The standard InChI is InChI=1S/C6H11Cl2N/c7-3-1-5-9-6-2-4-8/h1,3,9H,2,4-6H2/b3-1+. The van der Waals surface area contributed by atoms with Crippen LogP contribution in [0.15, 0.2) is 11.6 Å². The molecule has 0 aromatic rings. The number of alkyl halides is 1. The Hall–Kier alpha value is 0.280. The van der Waals surface area contributed by atoms with E-state index in [4.69, 9.17) is 23.2 Å². The molecule has 0 saturated heterocycles. The molecule has 0 unspecified atom stereocenters. The number of rotatable bonds is 5. The van der Waals surface area contributed by atoms with Crippen molar-refractivity contribution in [2.45, 2.75) is 6.42 Å². The van der Waals surface area contributed by atoms with Crippen LogP contribution in [0, 0.1) is 0 Å². The van der Waals surface area contributed by atoms with Crippen LogP contribution in [0.2, 0.25) is 0 Å². The van der Waals surface area contributed by atoms with Gasteiger partial charge in [-0.3, -0.25) is 0 Å². The van der Waals surface area contributed by atoms with E-state index in [9.17, 15) is 0 Å². The maximum atomic E-state index is 5.43. The molecular formula is C6H11Cl2N. The van der Waals surface area contributed by atoms with Gasteiger partial charge in [0.1, 0.15) is 0 Å². The van der Waals surface area contributed by atoms with Gasteiger partial charge in [0.15, 0.2) is 0 Å². The highest BCUT2D eigenvalue weighted by atomic mass is 35.5. The van der Waals surface area contributed by atoms with Crippen molar-refractivity contribution in [1.29, 1.82) is 0 Å². The lowest BCUT2D eigenvalue weighted by Gasteiger charge is -1.95. The fourth-order valence-corrected chi connectivity index (χ4v) is 0.644. The third kappa shape index (κ3) is 8.28. The van der Waals surface area contributed by atoms with Crippen molar-refractivity contribution < 1.29 is 0 Å². The number of hydrogen-bond acceptors (Lipinski definition) is 1. The third-order valence-electron chi connectivity index (χ3n) is 0.838. The molecule has 0 aliphatic rings. The molecule has 0 rings (SSSR count). The quantitative estimate of drug-likeness (QED) is 0.488. The Labute approximate surface area is 66.0 Å². The molecule has 9 heavy (non-hydrogen) atoms. The van der Waals surface area contributed by atoms with Crippen molar-refractivity contribution in [1.82, 2.24) is 5.32 Å². The van der Waals surface area contributed by atoms with Crippen LogP contribution in [0.1, 0.15) is 6.42 Å². The molecule has 0 aromatic heterocycles. The summed E-state index contributed by atoms with van der Waals surface area (Å²) in [6, 6.07) is 0. The van der Waals surface area contributed by atoms with Gasteiger partial charge in [-0.2, -0.15) is 0 Å². The molecule has 0 aromatic carbocycles. The van der Waals surface area contributed by atoms with Crippen LogP contribution >= 0.6 is 23.2 Å². The monoisotopic (exact) mass is 167 g/mol. The lowest BCUT2D eigenvalue weighted by Crippen LogP contribution is -2.14. The molecule has 1 N–H and O–H groups in total. The smallest absolute Gasteiger partial charge is 0.0235 e. The van der Waals surface area contributed by atoms with Crippen LogP contribution in [-0.4, -0.2) is 19.0 Å². The summed E-state index contributed by atoms with van der Waals surface area (Å²) in [6.07, 6.45) is 2.87. The molecule has 0 spiro atoms. The van der Waals surface area contributed by atoms with Crippen molar-refractivity contribution >= 4 is 23.2 Å². The lowest BCUT2D eigenvalue weighted by molar-refractivity contribution is 0.732. The summed E-state index contributed by atoms with van der Waals surface area (Å²) >= 11 is 10.7. The normalized spacial score (nSPS) is 10.9. The summed E-state index contributed by atoms with van der Waals surface area (Å²) in [5.41, 5.74) is 1.51. The molecule has 54 valence electrons. The largest absolute Gasteiger partial charge is 0.313 e. The van der Waals surface area contributed by atoms with E-state index in [0.29, 0.717) is 0 Å². The third-order valence-corrected chi connectivity index (χ3v) is 1.28. The molecule has 0 saturated carbocycles. The fraction of sp³-hybridized carbons (Fsp3) is 0.667. The second kappa shape index (κ2) is 8.28. The molecule has 0 amide bonds. The van der Waals surface area contributed by atoms with Crippen LogP contribution in [0.3, 0.4) is 0 Å². The van der Waals surface area contributed by atoms with Crippen LogP contribution in [0.5, 0.6) is 0 Å². The highest BCUT2D eigenvalue weighted by Gasteiger charge is 1.80. The maximum absolute atomic E-state index is 5.43. The van der Waals surface area contributed by atoms with E-state index >= 15 is 0 Å². The molecular weight excluding hydrogens is 157 g/mol. The van der Waals surface area contributed by atoms with E-state index in [-0.39, 0.29) is 0 Å². The van der Waals surface area contributed by atoms with Gasteiger partial charge in [-0.15, -0.1) is 11.6 Å². The average Bonchev–Trinajstić information content (AvgIpc) is 1.89. The Morgan fingerprint density at radius 3 is 2.78 bits per heavy atom. The molecule has 0 bridgehead atoms. The molecule has 1 nitrogen and oxygen atoms in total. The summed E-state index contributed by atoms with van der Waals surface area (Å²) < 4.78 is 0. The van der Waals surface area contributed by atoms with Gasteiger partial charge in [-0.1, -0.05) is 17.7 Å². The minimum absolute atomic E-state index is 0.720. The van der Waals surface area contributed by atoms with Gasteiger partial charge in [0.05, 0.1) is 0 Å². The van der Waals surface area contributed by atoms with E-state index in [0.717, 1.165) is 25.4 Å². The summed E-state index contributed by atoms with van der Waals surface area (Å²) in [4.78, 5) is 0. The van der Waals surface area contributed by atoms with Crippen molar-refractivity contribution in [3.8, 4) is 0 Å². The summed E-state index contributed by atoms with van der Waals surface area (Å²) in [5, 5.41) is 3.13. The second-order valence-corrected chi connectivity index (χ2v) is 2.24. The SMILES string of the molecule is Cl/C=C/CNCCCCl. The van der Waals surface area contributed by atoms with Crippen molar-refractivity contribution in [3.05, 3.63) is 11.6 Å². The Bertz CT molecular complexity index is 73.5. The fourth-order valence-electron chi connectivity index (χ4n) is 0.422. The van der Waals surface area contributed by atoms with Gasteiger partial charge in [0.2, 0.25) is 0 Å². The van der Waals surface area contributed by atoms with Gasteiger partial charge in [-0.05, 0) is 13.0 Å². The van der Waals surface area contributed by atoms with Crippen LogP contribution in [0.25, 0.3) is 0 Å². The number of halogens is 2. The Balaban J connectivity index is 2.75. The molecule has 0 fully saturated rings. The van der Waals surface area contributed by atoms with Crippen LogP contribution in [-0.2, 0) is 0 Å². The molecule has 0 radical (unpaired) electrons. The highest BCUT2D eigenvalue weighted by molar-refractivity contribution is 6.25. The lowest BCUT2D eigenvalue weighted by atomic mass is 10.5. The minimum Gasteiger partial charge on any atom is -0.313 e. The van der Waals surface area contributed by atoms with Gasteiger partial charge in [0, 0.05) is 18.0 Å². The molecule has 0 heterocycles. The Kier molecular flexibility index (Phi) is 8.54. The van der Waals surface area contributed by atoms with Gasteiger partial charge >= 0.3 is 0 Å². The Morgan fingerprint density at radius 1 is 1.44 bits per heavy atom. The van der Waals surface area contributed by atoms with Gasteiger partial charge < -0.3 is 5.32 Å². The van der Waals surface area contributed by atoms with E-state index < -0.39 is 0 Å². The summed E-state index contributed by atoms with van der Waals surface area (Å²) in [5.74, 6) is 0.720. The molecule has 3 heteroatoms. The first-order valence-corrected chi connectivity index (χ1v) is 3.91. The van der Waals surface area contributed by atoms with E-state index in [2.05, 4.69) is 5.32 Å². The van der Waals surface area contributed by atoms with E-state index in [1.54, 1.807) is 0 Å². The van der Waals surface area contributed by atoms with Gasteiger partial charge in [0.25, 0.3) is 0 Å². The molecule has 0 atom stereocenters. The van der Waals surface area contributed by atoms with E-state index in [1.165, 1.54) is 5.54 Å². The first-order valence-electron chi connectivity index (χ1n) is 2.93. The highest BCUT2D eigenvalue weighted by Crippen LogP contribution is 1.81. The Morgan fingerprint density at radius 2 is 2.22 bits per heavy atom. The molecule has 0 aliphatic heterocycles. The first kappa shape index (κ1) is 9.28. The zero-order valence-corrected chi connectivity index (χ0v) is 6.75. The number of hydrogen-bond donors (Lipinski definition) is 1. The zero-order valence-electron chi connectivity index (χ0n) is 5.24. The van der Waals surface area contributed by atoms with Gasteiger partial charge in [-0.25, -0.2) is 0 Å². The zero-order chi connectivity index (χ0) is 6.95.